The predicted octanol–water partition coefficient (Wildman–Crippen LogP) is 0.492. The fourth-order valence-corrected chi connectivity index (χ4v) is 1.03. The zero-order valence-corrected chi connectivity index (χ0v) is 9.49. The van der Waals surface area contributed by atoms with E-state index in [1.165, 1.54) is 0 Å². The molecule has 0 bridgehead atoms. The lowest BCUT2D eigenvalue weighted by molar-refractivity contribution is -0.141. The Hall–Kier alpha value is -0.650. The zero-order chi connectivity index (χ0) is 11.5. The largest absolute Gasteiger partial charge is 0.480 e. The molecule has 0 aliphatic heterocycles. The molecule has 15 heavy (non-hydrogen) atoms. The average Bonchev–Trinajstić information content (AvgIpc) is 2.21. The van der Waals surface area contributed by atoms with Crippen molar-refractivity contribution in [3.8, 4) is 0 Å². The van der Waals surface area contributed by atoms with Crippen molar-refractivity contribution in [1.82, 2.24) is 5.32 Å². The molecule has 2 N–H and O–H groups in total. The Morgan fingerprint density at radius 1 is 1.27 bits per heavy atom. The number of ether oxygens (including phenoxy) is 2. The van der Waals surface area contributed by atoms with Crippen LogP contribution >= 0.6 is 0 Å². The molecule has 0 aromatic carbocycles. The highest BCUT2D eigenvalue weighted by Crippen LogP contribution is 1.88. The summed E-state index contributed by atoms with van der Waals surface area (Å²) >= 11 is 0. The Morgan fingerprint density at radius 2 is 1.93 bits per heavy atom. The van der Waals surface area contributed by atoms with Crippen molar-refractivity contribution in [3.63, 3.8) is 0 Å². The number of carbonyl (C=O) groups is 1. The van der Waals surface area contributed by atoms with Gasteiger partial charge in [-0.05, 0) is 13.0 Å². The minimum atomic E-state index is -0.883. The van der Waals surface area contributed by atoms with Gasteiger partial charge < -0.3 is 19.9 Å². The van der Waals surface area contributed by atoms with Gasteiger partial charge in [-0.3, -0.25) is 4.79 Å². The first-order chi connectivity index (χ1) is 7.22. The number of hydrogen-bond acceptors (Lipinski definition) is 4. The van der Waals surface area contributed by atoms with Crippen LogP contribution < -0.4 is 5.32 Å². The van der Waals surface area contributed by atoms with E-state index in [4.69, 9.17) is 14.6 Å². The summed E-state index contributed by atoms with van der Waals surface area (Å²) in [7, 11) is 0. The van der Waals surface area contributed by atoms with E-state index in [2.05, 4.69) is 5.32 Å². The molecule has 0 heterocycles. The lowest BCUT2D eigenvalue weighted by atomic mass is 10.3. The van der Waals surface area contributed by atoms with Crippen molar-refractivity contribution < 1.29 is 19.4 Å². The fourth-order valence-electron chi connectivity index (χ4n) is 1.03. The highest BCUT2D eigenvalue weighted by atomic mass is 16.5. The van der Waals surface area contributed by atoms with Gasteiger partial charge in [-0.15, -0.1) is 0 Å². The molecule has 0 fully saturated rings. The standard InChI is InChI=1S/C10H21NO4/c1-3-5-14-6-7-15-8-9(10(12)13)11-4-2/h9,11H,3-8H2,1-2H3,(H,12,13). The Labute approximate surface area is 90.8 Å². The second kappa shape index (κ2) is 9.89. The molecule has 5 nitrogen and oxygen atoms in total. The van der Waals surface area contributed by atoms with Gasteiger partial charge in [0.05, 0.1) is 19.8 Å². The Morgan fingerprint density at radius 3 is 2.47 bits per heavy atom. The number of aliphatic carboxylic acids is 1. The molecule has 0 aromatic rings. The van der Waals surface area contributed by atoms with E-state index in [9.17, 15) is 4.79 Å². The summed E-state index contributed by atoms with van der Waals surface area (Å²) in [5.74, 6) is -0.883. The molecular formula is C10H21NO4. The third-order valence-electron chi connectivity index (χ3n) is 1.75. The van der Waals surface area contributed by atoms with Crippen LogP contribution in [0.25, 0.3) is 0 Å². The van der Waals surface area contributed by atoms with E-state index in [1.54, 1.807) is 0 Å². The Balaban J connectivity index is 3.41. The fraction of sp³-hybridized carbons (Fsp3) is 0.900. The van der Waals surface area contributed by atoms with Gasteiger partial charge in [-0.25, -0.2) is 0 Å². The first-order valence-electron chi connectivity index (χ1n) is 5.34. The maximum absolute atomic E-state index is 10.7. The number of hydrogen-bond donors (Lipinski definition) is 2. The lowest BCUT2D eigenvalue weighted by Crippen LogP contribution is -2.40. The summed E-state index contributed by atoms with van der Waals surface area (Å²) in [6.45, 7) is 6.37. The molecule has 1 atom stereocenters. The van der Waals surface area contributed by atoms with Crippen LogP contribution in [-0.4, -0.2) is 50.1 Å². The molecule has 1 unspecified atom stereocenters. The number of carboxylic acid groups (broad SMARTS) is 1. The summed E-state index contributed by atoms with van der Waals surface area (Å²) < 4.78 is 10.4. The normalized spacial score (nSPS) is 12.7. The van der Waals surface area contributed by atoms with Crippen LogP contribution in [0.15, 0.2) is 0 Å². The number of carboxylic acids is 1. The van der Waals surface area contributed by atoms with E-state index in [0.717, 1.165) is 13.0 Å². The highest BCUT2D eigenvalue weighted by Gasteiger charge is 2.15. The van der Waals surface area contributed by atoms with Gasteiger partial charge in [0.2, 0.25) is 0 Å². The maximum atomic E-state index is 10.7. The van der Waals surface area contributed by atoms with E-state index in [1.807, 2.05) is 13.8 Å². The van der Waals surface area contributed by atoms with Gasteiger partial charge in [-0.2, -0.15) is 0 Å². The molecular weight excluding hydrogens is 198 g/mol. The molecule has 0 aromatic heterocycles. The smallest absolute Gasteiger partial charge is 0.323 e. The number of nitrogens with one attached hydrogen (secondary N) is 1. The van der Waals surface area contributed by atoms with E-state index in [-0.39, 0.29) is 6.61 Å². The zero-order valence-electron chi connectivity index (χ0n) is 9.49. The molecule has 0 radical (unpaired) electrons. The molecule has 5 heteroatoms. The lowest BCUT2D eigenvalue weighted by Gasteiger charge is -2.13. The van der Waals surface area contributed by atoms with Gasteiger partial charge in [-0.1, -0.05) is 13.8 Å². The molecule has 0 aliphatic carbocycles. The molecule has 0 spiro atoms. The van der Waals surface area contributed by atoms with Crippen LogP contribution in [0.4, 0.5) is 0 Å². The first-order valence-corrected chi connectivity index (χ1v) is 5.34. The molecule has 0 rings (SSSR count). The van der Waals surface area contributed by atoms with Crippen molar-refractivity contribution in [1.29, 1.82) is 0 Å². The van der Waals surface area contributed by atoms with Gasteiger partial charge in [0.15, 0.2) is 0 Å². The van der Waals surface area contributed by atoms with Crippen molar-refractivity contribution in [3.05, 3.63) is 0 Å². The maximum Gasteiger partial charge on any atom is 0.323 e. The summed E-state index contributed by atoms with van der Waals surface area (Å²) in [5, 5.41) is 11.6. The van der Waals surface area contributed by atoms with Gasteiger partial charge in [0.25, 0.3) is 0 Å². The summed E-state index contributed by atoms with van der Waals surface area (Å²) in [6.07, 6.45) is 0.981. The second-order valence-electron chi connectivity index (χ2n) is 3.14. The van der Waals surface area contributed by atoms with Crippen LogP contribution in [0.5, 0.6) is 0 Å². The quantitative estimate of drug-likeness (QED) is 0.523. The van der Waals surface area contributed by atoms with Crippen molar-refractivity contribution in [2.45, 2.75) is 26.3 Å². The van der Waals surface area contributed by atoms with Crippen molar-refractivity contribution in [2.75, 3.05) is 33.0 Å². The summed E-state index contributed by atoms with van der Waals surface area (Å²) in [5.41, 5.74) is 0. The molecule has 0 saturated carbocycles. The minimum Gasteiger partial charge on any atom is -0.480 e. The van der Waals surface area contributed by atoms with Gasteiger partial charge in [0.1, 0.15) is 6.04 Å². The molecule has 0 aliphatic rings. The van der Waals surface area contributed by atoms with Crippen LogP contribution in [0.1, 0.15) is 20.3 Å². The monoisotopic (exact) mass is 219 g/mol. The van der Waals surface area contributed by atoms with Crippen LogP contribution in [0.3, 0.4) is 0 Å². The number of rotatable bonds is 10. The molecule has 0 amide bonds. The van der Waals surface area contributed by atoms with Crippen molar-refractivity contribution >= 4 is 5.97 Å². The SMILES string of the molecule is CCCOCCOCC(NCC)C(=O)O. The molecule has 90 valence electrons. The summed E-state index contributed by atoms with van der Waals surface area (Å²) in [4.78, 5) is 10.7. The van der Waals surface area contributed by atoms with Crippen LogP contribution in [0, 0.1) is 0 Å². The van der Waals surface area contributed by atoms with Crippen LogP contribution in [0.2, 0.25) is 0 Å². The Kier molecular flexibility index (Phi) is 9.46. The highest BCUT2D eigenvalue weighted by molar-refractivity contribution is 5.73. The topological polar surface area (TPSA) is 67.8 Å². The van der Waals surface area contributed by atoms with Gasteiger partial charge >= 0.3 is 5.97 Å². The van der Waals surface area contributed by atoms with E-state index in [0.29, 0.717) is 19.8 Å². The molecule has 0 saturated heterocycles. The Bertz CT molecular complexity index is 164. The summed E-state index contributed by atoms with van der Waals surface area (Å²) in [6, 6.07) is -0.624. The predicted molar refractivity (Wildman–Crippen MR) is 57.0 cm³/mol. The number of likely N-dealkylation sites (N-methyl/N-ethyl adjacent to an activating group) is 1. The van der Waals surface area contributed by atoms with E-state index >= 15 is 0 Å². The van der Waals surface area contributed by atoms with Gasteiger partial charge in [0, 0.05) is 6.61 Å². The third kappa shape index (κ3) is 8.35. The third-order valence-corrected chi connectivity index (χ3v) is 1.75. The first kappa shape index (κ1) is 14.3. The second-order valence-corrected chi connectivity index (χ2v) is 3.14. The van der Waals surface area contributed by atoms with E-state index < -0.39 is 12.0 Å². The van der Waals surface area contributed by atoms with Crippen molar-refractivity contribution in [2.24, 2.45) is 0 Å². The minimum absolute atomic E-state index is 0.179. The van der Waals surface area contributed by atoms with Crippen LogP contribution in [-0.2, 0) is 14.3 Å². The average molecular weight is 219 g/mol.